The largest absolute Gasteiger partial charge is 0.481 e. The minimum atomic E-state index is -1.04. The van der Waals surface area contributed by atoms with E-state index in [0.717, 1.165) is 0 Å². The van der Waals surface area contributed by atoms with Gasteiger partial charge in [0, 0.05) is 30.8 Å². The van der Waals surface area contributed by atoms with Crippen molar-refractivity contribution in [2.24, 2.45) is 5.92 Å². The molecular formula is C17H21ClN2O5. The normalized spacial score (nSPS) is 19.6. The summed E-state index contributed by atoms with van der Waals surface area (Å²) in [5, 5.41) is 12.3. The van der Waals surface area contributed by atoms with E-state index in [1.807, 2.05) is 0 Å². The molecule has 0 radical (unpaired) electrons. The number of carboxylic acids is 1. The zero-order valence-electron chi connectivity index (χ0n) is 14.1. The van der Waals surface area contributed by atoms with Crippen LogP contribution in [0.4, 0.5) is 5.69 Å². The van der Waals surface area contributed by atoms with E-state index in [1.54, 1.807) is 31.2 Å². The number of halogens is 1. The fourth-order valence-electron chi connectivity index (χ4n) is 2.94. The van der Waals surface area contributed by atoms with E-state index >= 15 is 0 Å². The Labute approximate surface area is 150 Å². The lowest BCUT2D eigenvalue weighted by Crippen LogP contribution is -2.52. The fourth-order valence-corrected chi connectivity index (χ4v) is 3.06. The average molecular weight is 369 g/mol. The number of carboxylic acid groups (broad SMARTS) is 1. The van der Waals surface area contributed by atoms with E-state index < -0.39 is 17.4 Å². The Kier molecular flexibility index (Phi) is 6.02. The van der Waals surface area contributed by atoms with Crippen LogP contribution in [0.3, 0.4) is 0 Å². The standard InChI is InChI=1S/C17H21ClN2O5/c1-17(10-25-2,8-15(22)23)19-16(24)11-7-14(21)20(9-11)13-5-3-12(18)4-6-13/h3-6,11H,7-10H2,1-2H3,(H,19,24)(H,22,23). The summed E-state index contributed by atoms with van der Waals surface area (Å²) in [5.74, 6) is -2.10. The van der Waals surface area contributed by atoms with Crippen LogP contribution in [0.15, 0.2) is 24.3 Å². The predicted molar refractivity (Wildman–Crippen MR) is 92.6 cm³/mol. The fraction of sp³-hybridized carbons (Fsp3) is 0.471. The molecular weight excluding hydrogens is 348 g/mol. The maximum absolute atomic E-state index is 12.5. The average Bonchev–Trinajstić information content (AvgIpc) is 2.89. The van der Waals surface area contributed by atoms with E-state index in [2.05, 4.69) is 5.32 Å². The number of carbonyl (C=O) groups is 3. The van der Waals surface area contributed by atoms with Crippen molar-refractivity contribution >= 4 is 35.1 Å². The molecule has 0 aromatic heterocycles. The smallest absolute Gasteiger partial charge is 0.305 e. The van der Waals surface area contributed by atoms with E-state index in [1.165, 1.54) is 12.0 Å². The number of anilines is 1. The van der Waals surface area contributed by atoms with Crippen LogP contribution in [0.2, 0.25) is 5.02 Å². The van der Waals surface area contributed by atoms with Crippen molar-refractivity contribution in [3.63, 3.8) is 0 Å². The van der Waals surface area contributed by atoms with Crippen LogP contribution >= 0.6 is 11.6 Å². The zero-order valence-corrected chi connectivity index (χ0v) is 14.9. The number of methoxy groups -OCH3 is 1. The Morgan fingerprint density at radius 2 is 2.04 bits per heavy atom. The maximum Gasteiger partial charge on any atom is 0.305 e. The molecule has 1 aliphatic rings. The summed E-state index contributed by atoms with van der Waals surface area (Å²) in [5.41, 5.74) is -0.358. The first kappa shape index (κ1) is 19.2. The summed E-state index contributed by atoms with van der Waals surface area (Å²) in [6.45, 7) is 1.91. The van der Waals surface area contributed by atoms with Crippen LogP contribution in [0.25, 0.3) is 0 Å². The lowest BCUT2D eigenvalue weighted by molar-refractivity contribution is -0.140. The molecule has 25 heavy (non-hydrogen) atoms. The summed E-state index contributed by atoms with van der Waals surface area (Å²) in [6.07, 6.45) is -0.196. The Morgan fingerprint density at radius 1 is 1.40 bits per heavy atom. The van der Waals surface area contributed by atoms with Gasteiger partial charge in [0.2, 0.25) is 11.8 Å². The highest BCUT2D eigenvalue weighted by Gasteiger charge is 2.38. The third kappa shape index (κ3) is 4.93. The van der Waals surface area contributed by atoms with Gasteiger partial charge >= 0.3 is 5.97 Å². The van der Waals surface area contributed by atoms with Gasteiger partial charge in [0.1, 0.15) is 0 Å². The van der Waals surface area contributed by atoms with Gasteiger partial charge in [-0.05, 0) is 31.2 Å². The molecule has 0 spiro atoms. The van der Waals surface area contributed by atoms with Crippen molar-refractivity contribution < 1.29 is 24.2 Å². The molecule has 2 N–H and O–H groups in total. The van der Waals surface area contributed by atoms with Crippen LogP contribution in [0.1, 0.15) is 19.8 Å². The molecule has 1 saturated heterocycles. The lowest BCUT2D eigenvalue weighted by Gasteiger charge is -2.29. The minimum absolute atomic E-state index is 0.0621. The third-order valence-corrected chi connectivity index (χ3v) is 4.32. The van der Waals surface area contributed by atoms with Gasteiger partial charge in [-0.3, -0.25) is 14.4 Å². The van der Waals surface area contributed by atoms with Gasteiger partial charge < -0.3 is 20.1 Å². The molecule has 2 unspecified atom stereocenters. The monoisotopic (exact) mass is 368 g/mol. The Bertz CT molecular complexity index is 664. The highest BCUT2D eigenvalue weighted by molar-refractivity contribution is 6.30. The lowest BCUT2D eigenvalue weighted by atomic mass is 9.97. The molecule has 1 aromatic rings. The number of hydrogen-bond donors (Lipinski definition) is 2. The van der Waals surface area contributed by atoms with Crippen LogP contribution in [-0.2, 0) is 19.1 Å². The summed E-state index contributed by atoms with van der Waals surface area (Å²) in [6, 6.07) is 6.81. The molecule has 2 rings (SSSR count). The molecule has 1 heterocycles. The van der Waals surface area contributed by atoms with Crippen LogP contribution in [0.5, 0.6) is 0 Å². The molecule has 0 aliphatic carbocycles. The molecule has 2 atom stereocenters. The second kappa shape index (κ2) is 7.84. The quantitative estimate of drug-likeness (QED) is 0.763. The van der Waals surface area contributed by atoms with Gasteiger partial charge in [-0.25, -0.2) is 0 Å². The first-order valence-corrected chi connectivity index (χ1v) is 8.20. The maximum atomic E-state index is 12.5. The molecule has 1 fully saturated rings. The third-order valence-electron chi connectivity index (χ3n) is 4.06. The number of carbonyl (C=O) groups excluding carboxylic acids is 2. The zero-order chi connectivity index (χ0) is 18.6. The van der Waals surface area contributed by atoms with Gasteiger partial charge in [-0.2, -0.15) is 0 Å². The number of amides is 2. The molecule has 1 aliphatic heterocycles. The number of nitrogens with one attached hydrogen (secondary N) is 1. The number of nitrogens with zero attached hydrogens (tertiary/aromatic N) is 1. The predicted octanol–water partition coefficient (Wildman–Crippen LogP) is 1.69. The SMILES string of the molecule is COCC(C)(CC(=O)O)NC(=O)C1CC(=O)N(c2ccc(Cl)cc2)C1. The van der Waals surface area contributed by atoms with Gasteiger partial charge in [0.05, 0.1) is 24.5 Å². The topological polar surface area (TPSA) is 95.9 Å². The highest BCUT2D eigenvalue weighted by Crippen LogP contribution is 2.27. The van der Waals surface area contributed by atoms with E-state index in [9.17, 15) is 14.4 Å². The number of aliphatic carboxylic acids is 1. The summed E-state index contributed by atoms with van der Waals surface area (Å²) < 4.78 is 5.03. The molecule has 7 nitrogen and oxygen atoms in total. The van der Waals surface area contributed by atoms with Gasteiger partial charge in [0.15, 0.2) is 0 Å². The molecule has 136 valence electrons. The van der Waals surface area contributed by atoms with E-state index in [-0.39, 0.29) is 37.8 Å². The first-order chi connectivity index (χ1) is 11.7. The second-order valence-corrected chi connectivity index (χ2v) is 6.87. The number of hydrogen-bond acceptors (Lipinski definition) is 4. The summed E-state index contributed by atoms with van der Waals surface area (Å²) in [4.78, 5) is 37.3. The van der Waals surface area contributed by atoms with E-state index in [0.29, 0.717) is 10.7 Å². The molecule has 1 aromatic carbocycles. The Morgan fingerprint density at radius 3 is 2.60 bits per heavy atom. The summed E-state index contributed by atoms with van der Waals surface area (Å²) >= 11 is 5.85. The van der Waals surface area contributed by atoms with E-state index in [4.69, 9.17) is 21.4 Å². The Balaban J connectivity index is 2.06. The second-order valence-electron chi connectivity index (χ2n) is 6.44. The van der Waals surface area contributed by atoms with Crippen molar-refractivity contribution in [2.45, 2.75) is 25.3 Å². The van der Waals surface area contributed by atoms with Crippen molar-refractivity contribution in [1.29, 1.82) is 0 Å². The molecule has 2 amide bonds. The van der Waals surface area contributed by atoms with Crippen molar-refractivity contribution in [3.8, 4) is 0 Å². The Hall–Kier alpha value is -2.12. The van der Waals surface area contributed by atoms with Crippen LogP contribution in [0, 0.1) is 5.92 Å². The number of ether oxygens (including phenoxy) is 1. The van der Waals surface area contributed by atoms with Crippen molar-refractivity contribution in [3.05, 3.63) is 29.3 Å². The van der Waals surface area contributed by atoms with Crippen LogP contribution < -0.4 is 10.2 Å². The first-order valence-electron chi connectivity index (χ1n) is 7.83. The summed E-state index contributed by atoms with van der Waals surface area (Å²) in [7, 11) is 1.44. The minimum Gasteiger partial charge on any atom is -0.481 e. The molecule has 8 heteroatoms. The van der Waals surface area contributed by atoms with Crippen molar-refractivity contribution in [1.82, 2.24) is 5.32 Å². The van der Waals surface area contributed by atoms with Gasteiger partial charge in [-0.1, -0.05) is 11.6 Å². The van der Waals surface area contributed by atoms with Gasteiger partial charge in [0.25, 0.3) is 0 Å². The number of rotatable bonds is 7. The number of benzene rings is 1. The van der Waals surface area contributed by atoms with Crippen LogP contribution in [-0.4, -0.2) is 48.7 Å². The highest BCUT2D eigenvalue weighted by atomic mass is 35.5. The van der Waals surface area contributed by atoms with Gasteiger partial charge in [-0.15, -0.1) is 0 Å². The van der Waals surface area contributed by atoms with Crippen molar-refractivity contribution in [2.75, 3.05) is 25.2 Å². The molecule has 0 bridgehead atoms. The molecule has 0 saturated carbocycles.